The molecule has 0 fully saturated rings. The Bertz CT molecular complexity index is 1190. The topological polar surface area (TPSA) is 92.4 Å². The monoisotopic (exact) mass is 394 g/mol. The second kappa shape index (κ2) is 8.06. The highest BCUT2D eigenvalue weighted by Crippen LogP contribution is 2.36. The lowest BCUT2D eigenvalue weighted by atomic mass is 10.0. The summed E-state index contributed by atoms with van der Waals surface area (Å²) in [5.41, 5.74) is 2.62. The maximum absolute atomic E-state index is 12.5. The molecule has 3 rings (SSSR count). The van der Waals surface area contributed by atoms with Gasteiger partial charge in [0, 0.05) is 10.9 Å². The third kappa shape index (κ3) is 3.94. The van der Waals surface area contributed by atoms with Crippen LogP contribution in [0.25, 0.3) is 23.8 Å². The van der Waals surface area contributed by atoms with E-state index in [0.29, 0.717) is 10.9 Å². The van der Waals surface area contributed by atoms with Crippen LogP contribution >= 0.6 is 11.3 Å². The number of carboxylic acid groups (broad SMARTS) is 1. The molecular weight excluding hydrogens is 376 g/mol. The quantitative estimate of drug-likeness (QED) is 0.692. The number of carbonyl (C=O) groups is 2. The third-order valence-electron chi connectivity index (χ3n) is 3.93. The van der Waals surface area contributed by atoms with E-state index in [0.717, 1.165) is 22.5 Å². The molecule has 0 saturated heterocycles. The van der Waals surface area contributed by atoms with Crippen LogP contribution in [0.1, 0.15) is 33.5 Å². The number of benzene rings is 1. The van der Waals surface area contributed by atoms with Gasteiger partial charge in [-0.05, 0) is 25.5 Å². The first kappa shape index (κ1) is 19.3. The highest BCUT2D eigenvalue weighted by Gasteiger charge is 2.23. The normalized spacial score (nSPS) is 11.9. The highest BCUT2D eigenvalue weighted by atomic mass is 32.1. The van der Waals surface area contributed by atoms with Crippen LogP contribution < -0.4 is 16.1 Å². The van der Waals surface area contributed by atoms with Crippen LogP contribution in [-0.4, -0.2) is 22.0 Å². The molecule has 1 amide bonds. The number of hydrogen-bond donors (Lipinski definition) is 2. The Kier molecular flexibility index (Phi) is 5.56. The number of hydrogen-bond acceptors (Lipinski definition) is 5. The summed E-state index contributed by atoms with van der Waals surface area (Å²) in [6.45, 7) is 7.50. The van der Waals surface area contributed by atoms with Crippen LogP contribution in [0.2, 0.25) is 0 Å². The van der Waals surface area contributed by atoms with Gasteiger partial charge < -0.3 is 14.8 Å². The zero-order chi connectivity index (χ0) is 20.3. The van der Waals surface area contributed by atoms with E-state index in [-0.39, 0.29) is 21.9 Å². The van der Waals surface area contributed by atoms with Gasteiger partial charge in [0.2, 0.25) is 0 Å². The van der Waals surface area contributed by atoms with Gasteiger partial charge in [0.1, 0.15) is 21.3 Å². The maximum atomic E-state index is 12.5. The molecule has 7 heteroatoms. The second-order valence-electron chi connectivity index (χ2n) is 6.00. The smallest absolute Gasteiger partial charge is 0.339 e. The zero-order valence-electron chi connectivity index (χ0n) is 15.4. The average Bonchev–Trinajstić information content (AvgIpc) is 3.23. The Morgan fingerprint density at radius 3 is 2.82 bits per heavy atom. The Morgan fingerprint density at radius 2 is 2.14 bits per heavy atom. The summed E-state index contributed by atoms with van der Waals surface area (Å²) < 4.78 is 5.31. The number of aromatic carboxylic acids is 1. The molecule has 0 aliphatic heterocycles. The van der Waals surface area contributed by atoms with E-state index in [1.54, 1.807) is 17.5 Å². The summed E-state index contributed by atoms with van der Waals surface area (Å²) in [6.07, 6.45) is 5.24. The lowest BCUT2D eigenvalue weighted by molar-refractivity contribution is 0.0699. The number of rotatable bonds is 5. The van der Waals surface area contributed by atoms with Gasteiger partial charge in [0.15, 0.2) is 0 Å². The lowest BCUT2D eigenvalue weighted by Gasteiger charge is -2.05. The van der Waals surface area contributed by atoms with Gasteiger partial charge in [-0.15, -0.1) is 11.3 Å². The number of nitrogens with one attached hydrogen (secondary N) is 1. The Hall–Kier alpha value is -3.45. The van der Waals surface area contributed by atoms with Crippen molar-refractivity contribution in [2.45, 2.75) is 13.8 Å². The highest BCUT2D eigenvalue weighted by molar-refractivity contribution is 7.15. The van der Waals surface area contributed by atoms with E-state index in [2.05, 4.69) is 16.9 Å². The van der Waals surface area contributed by atoms with Gasteiger partial charge in [-0.25, -0.2) is 9.78 Å². The fraction of sp³-hybridized carbons (Fsp3) is 0.0952. The molecule has 0 spiro atoms. The molecule has 2 N–H and O–H groups in total. The maximum Gasteiger partial charge on any atom is 0.339 e. The van der Waals surface area contributed by atoms with E-state index < -0.39 is 11.9 Å². The van der Waals surface area contributed by atoms with Gasteiger partial charge in [-0.2, -0.15) is 0 Å². The molecule has 0 unspecified atom stereocenters. The van der Waals surface area contributed by atoms with Crippen molar-refractivity contribution in [2.24, 2.45) is 0 Å². The minimum absolute atomic E-state index is 0.0334. The van der Waals surface area contributed by atoms with Crippen molar-refractivity contribution in [3.63, 3.8) is 0 Å². The van der Waals surface area contributed by atoms with Crippen LogP contribution in [0, 0.1) is 6.92 Å². The number of anilines is 1. The van der Waals surface area contributed by atoms with Crippen LogP contribution in [0.15, 0.2) is 46.2 Å². The summed E-state index contributed by atoms with van der Waals surface area (Å²) in [6, 6.07) is 7.52. The van der Waals surface area contributed by atoms with Gasteiger partial charge in [-0.1, -0.05) is 48.6 Å². The van der Waals surface area contributed by atoms with Crippen molar-refractivity contribution < 1.29 is 19.1 Å². The van der Waals surface area contributed by atoms with Crippen molar-refractivity contribution in [1.82, 2.24) is 4.98 Å². The predicted molar refractivity (Wildman–Crippen MR) is 110 cm³/mol. The van der Waals surface area contributed by atoms with Crippen molar-refractivity contribution in [1.29, 1.82) is 0 Å². The molecule has 28 heavy (non-hydrogen) atoms. The van der Waals surface area contributed by atoms with E-state index in [1.165, 1.54) is 0 Å². The number of carbonyl (C=O) groups excluding carboxylic acids is 1. The molecule has 2 heterocycles. The van der Waals surface area contributed by atoms with Crippen LogP contribution in [0.4, 0.5) is 5.00 Å². The largest absolute Gasteiger partial charge is 0.478 e. The summed E-state index contributed by atoms with van der Waals surface area (Å²) in [5.74, 6) is -1.94. The van der Waals surface area contributed by atoms with E-state index >= 15 is 0 Å². The molecule has 0 bridgehead atoms. The molecular formula is C21H18N2O4S. The first-order valence-corrected chi connectivity index (χ1v) is 9.30. The molecule has 3 aromatic rings. The Labute approximate surface area is 165 Å². The number of oxazole rings is 1. The van der Waals surface area contributed by atoms with E-state index in [4.69, 9.17) is 4.42 Å². The van der Waals surface area contributed by atoms with E-state index in [9.17, 15) is 14.7 Å². The summed E-state index contributed by atoms with van der Waals surface area (Å²) in [4.78, 5) is 28.5. The van der Waals surface area contributed by atoms with Gasteiger partial charge >= 0.3 is 11.9 Å². The fourth-order valence-corrected chi connectivity index (χ4v) is 3.58. The van der Waals surface area contributed by atoms with Crippen LogP contribution in [-0.2, 0) is 0 Å². The fourth-order valence-electron chi connectivity index (χ4n) is 2.62. The molecule has 2 aromatic heterocycles. The van der Waals surface area contributed by atoms with Gasteiger partial charge in [0.25, 0.3) is 5.89 Å². The van der Waals surface area contributed by atoms with Gasteiger partial charge in [-0.3, -0.25) is 4.79 Å². The SMILES string of the molecule is C=c1oc(C(=O)Nc2scc(-c3cccc(C)c3)c2C(=O)O)nc1=CC=CC. The summed E-state index contributed by atoms with van der Waals surface area (Å²) in [5, 5.41) is 14.6. The molecule has 0 radical (unpaired) electrons. The number of nitrogens with zero attached hydrogens (tertiary/aromatic N) is 1. The minimum atomic E-state index is -1.12. The number of aryl methyl sites for hydroxylation is 1. The number of aromatic nitrogens is 1. The number of allylic oxidation sites excluding steroid dienone is 2. The van der Waals surface area contributed by atoms with Crippen molar-refractivity contribution in [3.8, 4) is 11.1 Å². The van der Waals surface area contributed by atoms with E-state index in [1.807, 2.05) is 44.2 Å². The number of thiophene rings is 1. The number of carboxylic acids is 1. The Balaban J connectivity index is 1.96. The average molecular weight is 394 g/mol. The molecule has 0 aliphatic rings. The molecule has 6 nitrogen and oxygen atoms in total. The molecule has 0 aliphatic carbocycles. The van der Waals surface area contributed by atoms with Gasteiger partial charge in [0.05, 0.1) is 0 Å². The van der Waals surface area contributed by atoms with Crippen molar-refractivity contribution in [2.75, 3.05) is 5.32 Å². The molecule has 142 valence electrons. The number of amides is 1. The Morgan fingerprint density at radius 1 is 1.36 bits per heavy atom. The standard InChI is InChI=1S/C21H18N2O4S/c1-4-5-9-16-13(3)27-19(22-16)18(24)23-20-17(21(25)26)15(11-28-20)14-8-6-7-12(2)10-14/h4-11H,3H2,1-2H3,(H,23,24)(H,25,26). The lowest BCUT2D eigenvalue weighted by Crippen LogP contribution is -2.20. The molecule has 1 aromatic carbocycles. The molecule has 0 atom stereocenters. The van der Waals surface area contributed by atoms with Crippen LogP contribution in [0.3, 0.4) is 0 Å². The molecule has 0 saturated carbocycles. The first-order valence-electron chi connectivity index (χ1n) is 8.42. The predicted octanol–water partition coefficient (Wildman–Crippen LogP) is 3.43. The van der Waals surface area contributed by atoms with Crippen molar-refractivity contribution >= 4 is 40.9 Å². The van der Waals surface area contributed by atoms with Crippen LogP contribution in [0.5, 0.6) is 0 Å². The zero-order valence-corrected chi connectivity index (χ0v) is 16.2. The first-order chi connectivity index (χ1) is 13.4. The summed E-state index contributed by atoms with van der Waals surface area (Å²) >= 11 is 1.14. The third-order valence-corrected chi connectivity index (χ3v) is 4.82. The second-order valence-corrected chi connectivity index (χ2v) is 6.88. The van der Waals surface area contributed by atoms with Crippen molar-refractivity contribution in [3.05, 3.63) is 69.6 Å². The minimum Gasteiger partial charge on any atom is -0.478 e. The summed E-state index contributed by atoms with van der Waals surface area (Å²) in [7, 11) is 0.